The number of rotatable bonds is 3. The highest BCUT2D eigenvalue weighted by Crippen LogP contribution is 2.05. The van der Waals surface area contributed by atoms with Gasteiger partial charge >= 0.3 is 0 Å². The molecule has 0 amide bonds. The van der Waals surface area contributed by atoms with Gasteiger partial charge in [0.2, 0.25) is 0 Å². The highest BCUT2D eigenvalue weighted by molar-refractivity contribution is 5.85. The van der Waals surface area contributed by atoms with Gasteiger partial charge in [-0.1, -0.05) is 6.07 Å². The van der Waals surface area contributed by atoms with Gasteiger partial charge in [-0.05, 0) is 24.3 Å². The van der Waals surface area contributed by atoms with Crippen LogP contribution in [-0.2, 0) is 6.54 Å². The first-order valence-corrected chi connectivity index (χ1v) is 4.12. The van der Waals surface area contributed by atoms with E-state index in [1.807, 2.05) is 30.3 Å². The number of furan rings is 1. The van der Waals surface area contributed by atoms with Gasteiger partial charge in [-0.15, -0.1) is 12.4 Å². The molecule has 0 saturated heterocycles. The van der Waals surface area contributed by atoms with Gasteiger partial charge in [-0.25, -0.2) is 4.98 Å². The first-order chi connectivity index (χ1) is 6.45. The van der Waals surface area contributed by atoms with Crippen molar-refractivity contribution in [1.82, 2.24) is 4.98 Å². The van der Waals surface area contributed by atoms with Gasteiger partial charge in [0.05, 0.1) is 12.8 Å². The molecule has 2 aromatic heterocycles. The fourth-order valence-corrected chi connectivity index (χ4v) is 1.06. The third-order valence-corrected chi connectivity index (χ3v) is 1.69. The second kappa shape index (κ2) is 5.29. The Labute approximate surface area is 88.6 Å². The second-order valence-corrected chi connectivity index (χ2v) is 2.65. The summed E-state index contributed by atoms with van der Waals surface area (Å²) < 4.78 is 5.16. The normalized spacial score (nSPS) is 9.14. The van der Waals surface area contributed by atoms with Crippen LogP contribution in [0.25, 0.3) is 0 Å². The zero-order valence-electron chi connectivity index (χ0n) is 7.51. The molecule has 3 nitrogen and oxygen atoms in total. The number of anilines is 1. The maximum atomic E-state index is 5.16. The van der Waals surface area contributed by atoms with Crippen molar-refractivity contribution in [2.24, 2.45) is 0 Å². The van der Waals surface area contributed by atoms with Crippen LogP contribution in [-0.4, -0.2) is 4.98 Å². The van der Waals surface area contributed by atoms with Crippen molar-refractivity contribution in [3.05, 3.63) is 48.6 Å². The van der Waals surface area contributed by atoms with Crippen LogP contribution in [0.3, 0.4) is 0 Å². The van der Waals surface area contributed by atoms with Crippen LogP contribution in [0.4, 0.5) is 5.82 Å². The topological polar surface area (TPSA) is 38.1 Å². The standard InChI is InChI=1S/C10H10N2O.ClH/c1-2-6-11-10(5-1)12-8-9-4-3-7-13-9;/h1-7H,8H2,(H,11,12);1H. The van der Waals surface area contributed by atoms with Crippen molar-refractivity contribution in [1.29, 1.82) is 0 Å². The van der Waals surface area contributed by atoms with E-state index < -0.39 is 0 Å². The molecule has 0 unspecified atom stereocenters. The van der Waals surface area contributed by atoms with Crippen molar-refractivity contribution >= 4 is 18.2 Å². The predicted octanol–water partition coefficient (Wildman–Crippen LogP) is 2.71. The van der Waals surface area contributed by atoms with E-state index in [1.165, 1.54) is 0 Å². The molecule has 2 rings (SSSR count). The molecular weight excluding hydrogens is 200 g/mol. The molecule has 0 aliphatic heterocycles. The molecule has 0 fully saturated rings. The summed E-state index contributed by atoms with van der Waals surface area (Å²) in [5.74, 6) is 1.77. The number of halogens is 1. The molecule has 0 aromatic carbocycles. The molecule has 0 radical (unpaired) electrons. The van der Waals surface area contributed by atoms with Gasteiger partial charge in [0.15, 0.2) is 0 Å². The van der Waals surface area contributed by atoms with Crippen LogP contribution in [0.5, 0.6) is 0 Å². The summed E-state index contributed by atoms with van der Waals surface area (Å²) in [6, 6.07) is 9.55. The average Bonchev–Trinajstić information content (AvgIpc) is 2.69. The summed E-state index contributed by atoms with van der Waals surface area (Å²) in [5, 5.41) is 3.14. The van der Waals surface area contributed by atoms with E-state index in [4.69, 9.17) is 4.42 Å². The summed E-state index contributed by atoms with van der Waals surface area (Å²) in [6.45, 7) is 0.671. The number of nitrogens with zero attached hydrogens (tertiary/aromatic N) is 1. The van der Waals surface area contributed by atoms with Crippen LogP contribution in [0.1, 0.15) is 5.76 Å². The van der Waals surface area contributed by atoms with Crippen molar-refractivity contribution in [2.45, 2.75) is 6.54 Å². The molecule has 0 saturated carbocycles. The Morgan fingerprint density at radius 3 is 2.79 bits per heavy atom. The van der Waals surface area contributed by atoms with E-state index >= 15 is 0 Å². The molecule has 0 aliphatic carbocycles. The van der Waals surface area contributed by atoms with Gasteiger partial charge in [0, 0.05) is 6.20 Å². The van der Waals surface area contributed by atoms with Gasteiger partial charge in [-0.3, -0.25) is 0 Å². The number of nitrogens with one attached hydrogen (secondary N) is 1. The van der Waals surface area contributed by atoms with Crippen molar-refractivity contribution in [3.63, 3.8) is 0 Å². The Hall–Kier alpha value is -1.48. The quantitative estimate of drug-likeness (QED) is 0.847. The maximum absolute atomic E-state index is 5.16. The molecule has 4 heteroatoms. The van der Waals surface area contributed by atoms with E-state index in [0.717, 1.165) is 11.6 Å². The Morgan fingerprint density at radius 2 is 2.14 bits per heavy atom. The largest absolute Gasteiger partial charge is 0.467 e. The van der Waals surface area contributed by atoms with Crippen LogP contribution in [0.2, 0.25) is 0 Å². The molecule has 2 heterocycles. The molecule has 1 N–H and O–H groups in total. The third kappa shape index (κ3) is 2.78. The number of pyridine rings is 1. The Kier molecular flexibility index (Phi) is 4.01. The second-order valence-electron chi connectivity index (χ2n) is 2.65. The van der Waals surface area contributed by atoms with Crippen molar-refractivity contribution in [2.75, 3.05) is 5.32 Å². The average molecular weight is 211 g/mol. The van der Waals surface area contributed by atoms with Crippen LogP contribution in [0.15, 0.2) is 47.2 Å². The predicted molar refractivity (Wildman–Crippen MR) is 57.5 cm³/mol. The monoisotopic (exact) mass is 210 g/mol. The Bertz CT molecular complexity index is 348. The van der Waals surface area contributed by atoms with Gasteiger partial charge in [0.25, 0.3) is 0 Å². The van der Waals surface area contributed by atoms with Crippen LogP contribution < -0.4 is 5.32 Å². The maximum Gasteiger partial charge on any atom is 0.126 e. The fraction of sp³-hybridized carbons (Fsp3) is 0.100. The molecule has 0 bridgehead atoms. The van der Waals surface area contributed by atoms with E-state index in [9.17, 15) is 0 Å². The van der Waals surface area contributed by atoms with Crippen LogP contribution in [0, 0.1) is 0 Å². The molecule has 0 atom stereocenters. The zero-order chi connectivity index (χ0) is 8.93. The molecule has 0 aliphatic rings. The van der Waals surface area contributed by atoms with Crippen molar-refractivity contribution in [3.8, 4) is 0 Å². The number of aromatic nitrogens is 1. The minimum atomic E-state index is 0. The summed E-state index contributed by atoms with van der Waals surface area (Å²) in [5.41, 5.74) is 0. The fourth-order valence-electron chi connectivity index (χ4n) is 1.06. The third-order valence-electron chi connectivity index (χ3n) is 1.69. The minimum Gasteiger partial charge on any atom is -0.467 e. The lowest BCUT2D eigenvalue weighted by Crippen LogP contribution is -1.99. The smallest absolute Gasteiger partial charge is 0.126 e. The van der Waals surface area contributed by atoms with Gasteiger partial charge in [-0.2, -0.15) is 0 Å². The molecule has 14 heavy (non-hydrogen) atoms. The first-order valence-electron chi connectivity index (χ1n) is 4.12. The Balaban J connectivity index is 0.000000980. The number of hydrogen-bond donors (Lipinski definition) is 1. The van der Waals surface area contributed by atoms with E-state index in [2.05, 4.69) is 10.3 Å². The molecular formula is C10H11ClN2O. The van der Waals surface area contributed by atoms with E-state index in [1.54, 1.807) is 12.5 Å². The van der Waals surface area contributed by atoms with Gasteiger partial charge < -0.3 is 9.73 Å². The summed E-state index contributed by atoms with van der Waals surface area (Å²) in [7, 11) is 0. The van der Waals surface area contributed by atoms with Gasteiger partial charge in [0.1, 0.15) is 11.6 Å². The highest BCUT2D eigenvalue weighted by Gasteiger charge is 1.94. The SMILES string of the molecule is Cl.c1ccc(NCc2ccco2)nc1. The minimum absolute atomic E-state index is 0. The highest BCUT2D eigenvalue weighted by atomic mass is 35.5. The summed E-state index contributed by atoms with van der Waals surface area (Å²) in [4.78, 5) is 4.13. The zero-order valence-corrected chi connectivity index (χ0v) is 8.33. The first kappa shape index (κ1) is 10.6. The Morgan fingerprint density at radius 1 is 1.21 bits per heavy atom. The lowest BCUT2D eigenvalue weighted by Gasteiger charge is -2.01. The summed E-state index contributed by atoms with van der Waals surface area (Å²) in [6.07, 6.45) is 3.42. The lowest BCUT2D eigenvalue weighted by molar-refractivity contribution is 0.518. The van der Waals surface area contributed by atoms with Crippen molar-refractivity contribution < 1.29 is 4.42 Å². The van der Waals surface area contributed by atoms with E-state index in [-0.39, 0.29) is 12.4 Å². The van der Waals surface area contributed by atoms with Crippen LogP contribution >= 0.6 is 12.4 Å². The molecule has 74 valence electrons. The molecule has 0 spiro atoms. The molecule has 2 aromatic rings. The lowest BCUT2D eigenvalue weighted by atomic mass is 10.4. The summed E-state index contributed by atoms with van der Waals surface area (Å²) >= 11 is 0. The number of hydrogen-bond acceptors (Lipinski definition) is 3. The van der Waals surface area contributed by atoms with E-state index in [0.29, 0.717) is 6.54 Å².